The molecule has 0 radical (unpaired) electrons. The topological polar surface area (TPSA) is 21.3 Å². The predicted octanol–water partition coefficient (Wildman–Crippen LogP) is 3.07. The van der Waals surface area contributed by atoms with Crippen molar-refractivity contribution in [3.05, 3.63) is 29.0 Å². The molecule has 0 saturated carbocycles. The van der Waals surface area contributed by atoms with E-state index in [1.54, 1.807) is 6.07 Å². The van der Waals surface area contributed by atoms with Crippen molar-refractivity contribution < 1.29 is 9.13 Å². The van der Waals surface area contributed by atoms with E-state index in [1.165, 1.54) is 12.1 Å². The van der Waals surface area contributed by atoms with Crippen LogP contribution in [0.15, 0.2) is 18.2 Å². The third-order valence-corrected chi connectivity index (χ3v) is 2.61. The molecule has 1 aromatic carbocycles. The van der Waals surface area contributed by atoms with Crippen LogP contribution in [0.3, 0.4) is 0 Å². The fraction of sp³-hybridized carbons (Fsp3) is 0.455. The molecule has 1 heterocycles. The fourth-order valence-corrected chi connectivity index (χ4v) is 1.95. The molecule has 0 spiro atoms. The van der Waals surface area contributed by atoms with Crippen LogP contribution in [0.5, 0.6) is 0 Å². The average molecular weight is 230 g/mol. The number of halogens is 2. The zero-order valence-corrected chi connectivity index (χ0v) is 9.06. The third-order valence-electron chi connectivity index (χ3n) is 2.39. The molecule has 1 aliphatic rings. The first-order valence-corrected chi connectivity index (χ1v) is 5.42. The van der Waals surface area contributed by atoms with Crippen molar-refractivity contribution in [2.75, 3.05) is 18.5 Å². The minimum absolute atomic E-state index is 0.261. The molecule has 0 aliphatic carbocycles. The summed E-state index contributed by atoms with van der Waals surface area (Å²) < 4.78 is 18.4. The van der Waals surface area contributed by atoms with Crippen molar-refractivity contribution in [2.45, 2.75) is 18.9 Å². The summed E-state index contributed by atoms with van der Waals surface area (Å²) in [6.07, 6.45) is 2.09. The molecule has 1 unspecified atom stereocenters. The normalized spacial score (nSPS) is 21.3. The summed E-state index contributed by atoms with van der Waals surface area (Å²) in [5.74, 6) is -0.318. The maximum Gasteiger partial charge on any atom is 0.126 e. The SMILES string of the molecule is Fc1cc(Cl)cc(NC2CCCOC2)c1. The number of anilines is 1. The third kappa shape index (κ3) is 3.08. The van der Waals surface area contributed by atoms with Crippen LogP contribution in [0.4, 0.5) is 10.1 Å². The van der Waals surface area contributed by atoms with E-state index in [4.69, 9.17) is 16.3 Å². The van der Waals surface area contributed by atoms with Gasteiger partial charge in [0.2, 0.25) is 0 Å². The van der Waals surface area contributed by atoms with Crippen LogP contribution in [0.25, 0.3) is 0 Å². The van der Waals surface area contributed by atoms with Crippen molar-refractivity contribution in [3.63, 3.8) is 0 Å². The number of benzene rings is 1. The van der Waals surface area contributed by atoms with Gasteiger partial charge >= 0.3 is 0 Å². The van der Waals surface area contributed by atoms with Gasteiger partial charge in [0, 0.05) is 23.4 Å². The number of rotatable bonds is 2. The second kappa shape index (κ2) is 4.81. The number of hydrogen-bond donors (Lipinski definition) is 1. The predicted molar refractivity (Wildman–Crippen MR) is 58.9 cm³/mol. The van der Waals surface area contributed by atoms with E-state index < -0.39 is 0 Å². The van der Waals surface area contributed by atoms with Crippen LogP contribution in [-0.2, 0) is 4.74 Å². The van der Waals surface area contributed by atoms with Crippen molar-refractivity contribution in [1.82, 2.24) is 0 Å². The summed E-state index contributed by atoms with van der Waals surface area (Å²) in [4.78, 5) is 0. The van der Waals surface area contributed by atoms with Crippen molar-refractivity contribution in [1.29, 1.82) is 0 Å². The highest BCUT2D eigenvalue weighted by Crippen LogP contribution is 2.20. The van der Waals surface area contributed by atoms with Crippen LogP contribution in [0.1, 0.15) is 12.8 Å². The Morgan fingerprint density at radius 1 is 1.40 bits per heavy atom. The lowest BCUT2D eigenvalue weighted by atomic mass is 10.1. The molecule has 2 rings (SSSR count). The molecular formula is C11H13ClFNO. The summed E-state index contributed by atoms with van der Waals surface area (Å²) in [5, 5.41) is 3.62. The van der Waals surface area contributed by atoms with Gasteiger partial charge in [-0.25, -0.2) is 4.39 Å². The van der Waals surface area contributed by atoms with Crippen LogP contribution >= 0.6 is 11.6 Å². The molecule has 1 aliphatic heterocycles. The van der Waals surface area contributed by atoms with Gasteiger partial charge in [0.25, 0.3) is 0 Å². The van der Waals surface area contributed by atoms with Gasteiger partial charge in [-0.2, -0.15) is 0 Å². The molecule has 0 aromatic heterocycles. The van der Waals surface area contributed by atoms with Gasteiger partial charge in [0.05, 0.1) is 6.61 Å². The standard InChI is InChI=1S/C11H13ClFNO/c12-8-4-9(13)6-11(5-8)14-10-2-1-3-15-7-10/h4-6,10,14H,1-3,7H2. The Balaban J connectivity index is 2.02. The summed E-state index contributed by atoms with van der Waals surface area (Å²) in [6.45, 7) is 1.50. The quantitative estimate of drug-likeness (QED) is 0.842. The van der Waals surface area contributed by atoms with E-state index in [0.717, 1.165) is 25.1 Å². The number of nitrogens with one attached hydrogen (secondary N) is 1. The van der Waals surface area contributed by atoms with Crippen molar-refractivity contribution in [3.8, 4) is 0 Å². The molecule has 4 heteroatoms. The van der Waals surface area contributed by atoms with Gasteiger partial charge in [0.15, 0.2) is 0 Å². The molecular weight excluding hydrogens is 217 g/mol. The molecule has 1 aromatic rings. The van der Waals surface area contributed by atoms with Crippen molar-refractivity contribution in [2.24, 2.45) is 0 Å². The highest BCUT2D eigenvalue weighted by molar-refractivity contribution is 6.30. The van der Waals surface area contributed by atoms with E-state index in [1.807, 2.05) is 0 Å². The fourth-order valence-electron chi connectivity index (χ4n) is 1.73. The Bertz CT molecular complexity index is 319. The Morgan fingerprint density at radius 3 is 2.93 bits per heavy atom. The second-order valence-electron chi connectivity index (χ2n) is 3.72. The molecule has 1 saturated heterocycles. The highest BCUT2D eigenvalue weighted by Gasteiger charge is 2.13. The van der Waals surface area contributed by atoms with Gasteiger partial charge in [-0.05, 0) is 31.0 Å². The lowest BCUT2D eigenvalue weighted by Crippen LogP contribution is -2.29. The van der Waals surface area contributed by atoms with Crippen LogP contribution < -0.4 is 5.32 Å². The maximum absolute atomic E-state index is 13.0. The van der Waals surface area contributed by atoms with Gasteiger partial charge in [-0.1, -0.05) is 11.6 Å². The van der Waals surface area contributed by atoms with Crippen LogP contribution in [0.2, 0.25) is 5.02 Å². The van der Waals surface area contributed by atoms with E-state index in [2.05, 4.69) is 5.32 Å². The second-order valence-corrected chi connectivity index (χ2v) is 4.15. The summed E-state index contributed by atoms with van der Waals surface area (Å²) in [6, 6.07) is 4.72. The lowest BCUT2D eigenvalue weighted by Gasteiger charge is -2.24. The Hall–Kier alpha value is -0.800. The molecule has 15 heavy (non-hydrogen) atoms. The van der Waals surface area contributed by atoms with Crippen LogP contribution in [0, 0.1) is 5.82 Å². The monoisotopic (exact) mass is 229 g/mol. The van der Waals surface area contributed by atoms with E-state index in [9.17, 15) is 4.39 Å². The summed E-state index contributed by atoms with van der Waals surface area (Å²) in [7, 11) is 0. The zero-order chi connectivity index (χ0) is 10.7. The van der Waals surface area contributed by atoms with Crippen molar-refractivity contribution >= 4 is 17.3 Å². The summed E-state index contributed by atoms with van der Waals surface area (Å²) in [5.41, 5.74) is 0.718. The molecule has 1 atom stereocenters. The van der Waals surface area contributed by atoms with Gasteiger partial charge in [-0.3, -0.25) is 0 Å². The highest BCUT2D eigenvalue weighted by atomic mass is 35.5. The van der Waals surface area contributed by atoms with E-state index in [-0.39, 0.29) is 11.9 Å². The zero-order valence-electron chi connectivity index (χ0n) is 8.30. The molecule has 1 fully saturated rings. The molecule has 0 amide bonds. The number of hydrogen-bond acceptors (Lipinski definition) is 2. The maximum atomic E-state index is 13.0. The lowest BCUT2D eigenvalue weighted by molar-refractivity contribution is 0.0876. The molecule has 1 N–H and O–H groups in total. The Labute approximate surface area is 93.4 Å². The Morgan fingerprint density at radius 2 is 2.27 bits per heavy atom. The molecule has 82 valence electrons. The van der Waals surface area contributed by atoms with Crippen LogP contribution in [-0.4, -0.2) is 19.3 Å². The minimum atomic E-state index is -0.318. The first-order valence-electron chi connectivity index (χ1n) is 5.04. The number of ether oxygens (including phenoxy) is 1. The van der Waals surface area contributed by atoms with E-state index in [0.29, 0.717) is 11.6 Å². The van der Waals surface area contributed by atoms with Gasteiger partial charge < -0.3 is 10.1 Å². The summed E-state index contributed by atoms with van der Waals surface area (Å²) >= 11 is 5.76. The van der Waals surface area contributed by atoms with E-state index >= 15 is 0 Å². The first-order chi connectivity index (χ1) is 7.24. The minimum Gasteiger partial charge on any atom is -0.380 e. The molecule has 0 bridgehead atoms. The smallest absolute Gasteiger partial charge is 0.126 e. The average Bonchev–Trinajstić information content (AvgIpc) is 2.17. The largest absolute Gasteiger partial charge is 0.380 e. The Kier molecular flexibility index (Phi) is 3.44. The first kappa shape index (κ1) is 10.7. The van der Waals surface area contributed by atoms with Gasteiger partial charge in [0.1, 0.15) is 5.82 Å². The molecule has 2 nitrogen and oxygen atoms in total. The van der Waals surface area contributed by atoms with Gasteiger partial charge in [-0.15, -0.1) is 0 Å².